The molecule has 1 heterocycles. The first-order valence-corrected chi connectivity index (χ1v) is 6.99. The second kappa shape index (κ2) is 6.32. The minimum Gasteiger partial charge on any atom is -0.480 e. The van der Waals surface area contributed by atoms with Crippen LogP contribution in [-0.2, 0) is 4.79 Å². The number of likely N-dealkylation sites (tertiary alicyclic amines) is 1. The molecule has 0 aromatic heterocycles. The van der Waals surface area contributed by atoms with Crippen molar-refractivity contribution in [1.29, 1.82) is 0 Å². The summed E-state index contributed by atoms with van der Waals surface area (Å²) in [4.78, 5) is 24.4. The van der Waals surface area contributed by atoms with Gasteiger partial charge in [-0.15, -0.1) is 0 Å². The van der Waals surface area contributed by atoms with Gasteiger partial charge in [0, 0.05) is 18.0 Å². The molecular weight excluding hydrogens is 296 g/mol. The van der Waals surface area contributed by atoms with Crippen molar-refractivity contribution in [1.82, 2.24) is 10.2 Å². The van der Waals surface area contributed by atoms with Gasteiger partial charge in [-0.2, -0.15) is 0 Å². The first kappa shape index (κ1) is 15.6. The molecule has 1 fully saturated rings. The topological polar surface area (TPSA) is 89.9 Å². The zero-order valence-corrected chi connectivity index (χ0v) is 12.2. The van der Waals surface area contributed by atoms with Crippen molar-refractivity contribution in [3.05, 3.63) is 34.9 Å². The zero-order valence-electron chi connectivity index (χ0n) is 11.5. The Morgan fingerprint density at radius 1 is 1.48 bits per heavy atom. The van der Waals surface area contributed by atoms with Crippen LogP contribution in [-0.4, -0.2) is 45.8 Å². The number of nitrogens with one attached hydrogen (secondary N) is 1. The molecule has 1 aromatic carbocycles. The number of carbonyl (C=O) groups excluding carboxylic acids is 1. The molecule has 1 saturated heterocycles. The second-order valence-corrected chi connectivity index (χ2v) is 5.56. The number of nitrogens with zero attached hydrogens (tertiary/aromatic N) is 1. The predicted molar refractivity (Wildman–Crippen MR) is 77.2 cm³/mol. The number of carboxylic acid groups (broad SMARTS) is 1. The van der Waals surface area contributed by atoms with E-state index in [1.165, 1.54) is 0 Å². The Labute approximate surface area is 127 Å². The number of hydrogen-bond donors (Lipinski definition) is 3. The number of aliphatic carboxylic acids is 1. The lowest BCUT2D eigenvalue weighted by atomic mass is 10.1. The van der Waals surface area contributed by atoms with E-state index < -0.39 is 24.1 Å². The number of carboxylic acids is 1. The first-order chi connectivity index (χ1) is 9.88. The number of hydrogen-bond acceptors (Lipinski definition) is 3. The molecule has 1 aliphatic rings. The summed E-state index contributed by atoms with van der Waals surface area (Å²) in [5.74, 6) is -1.11. The summed E-state index contributed by atoms with van der Waals surface area (Å²) >= 11 is 5.90. The molecule has 1 aliphatic heterocycles. The van der Waals surface area contributed by atoms with Crippen LogP contribution in [0.3, 0.4) is 0 Å². The molecule has 0 radical (unpaired) electrons. The molecule has 0 saturated carbocycles. The average molecular weight is 313 g/mol. The Morgan fingerprint density at radius 2 is 2.19 bits per heavy atom. The summed E-state index contributed by atoms with van der Waals surface area (Å²) < 4.78 is 0. The molecule has 7 heteroatoms. The summed E-state index contributed by atoms with van der Waals surface area (Å²) in [7, 11) is 0. The van der Waals surface area contributed by atoms with E-state index in [2.05, 4.69) is 5.32 Å². The monoisotopic (exact) mass is 312 g/mol. The Morgan fingerprint density at radius 3 is 2.81 bits per heavy atom. The van der Waals surface area contributed by atoms with Crippen LogP contribution in [0.5, 0.6) is 0 Å². The van der Waals surface area contributed by atoms with Crippen LogP contribution in [0.15, 0.2) is 24.3 Å². The van der Waals surface area contributed by atoms with Gasteiger partial charge in [-0.3, -0.25) is 0 Å². The number of β-amino-alcohol motifs (C(OH)–C–C–N with tert-alkyl or cyclic N) is 1. The van der Waals surface area contributed by atoms with E-state index in [0.717, 1.165) is 10.5 Å². The number of halogens is 1. The van der Waals surface area contributed by atoms with Gasteiger partial charge in [0.25, 0.3) is 0 Å². The zero-order chi connectivity index (χ0) is 15.6. The van der Waals surface area contributed by atoms with E-state index in [4.69, 9.17) is 16.7 Å². The quantitative estimate of drug-likeness (QED) is 0.791. The Kier molecular flexibility index (Phi) is 4.69. The highest BCUT2D eigenvalue weighted by atomic mass is 35.5. The second-order valence-electron chi connectivity index (χ2n) is 5.12. The molecular formula is C14H17ClN2O4. The van der Waals surface area contributed by atoms with Crippen molar-refractivity contribution in [2.45, 2.75) is 31.5 Å². The van der Waals surface area contributed by atoms with Gasteiger partial charge < -0.3 is 20.4 Å². The van der Waals surface area contributed by atoms with Crippen molar-refractivity contribution in [3.63, 3.8) is 0 Å². The fourth-order valence-corrected chi connectivity index (χ4v) is 2.60. The smallest absolute Gasteiger partial charge is 0.326 e. The molecule has 2 amide bonds. The maximum absolute atomic E-state index is 12.2. The number of benzene rings is 1. The number of aliphatic hydroxyl groups is 1. The lowest BCUT2D eigenvalue weighted by Gasteiger charge is -2.24. The van der Waals surface area contributed by atoms with E-state index >= 15 is 0 Å². The normalized spacial score (nSPS) is 22.9. The predicted octanol–water partition coefficient (Wildman–Crippen LogP) is 1.63. The van der Waals surface area contributed by atoms with Crippen LogP contribution in [0, 0.1) is 0 Å². The minimum atomic E-state index is -1.11. The van der Waals surface area contributed by atoms with E-state index in [1.54, 1.807) is 25.1 Å². The van der Waals surface area contributed by atoms with Crippen molar-refractivity contribution in [2.24, 2.45) is 0 Å². The summed E-state index contributed by atoms with van der Waals surface area (Å²) in [6, 6.07) is 5.25. The molecule has 0 aliphatic carbocycles. The molecule has 0 spiro atoms. The molecule has 1 unspecified atom stereocenters. The fourth-order valence-electron chi connectivity index (χ4n) is 2.40. The van der Waals surface area contributed by atoms with E-state index in [0.29, 0.717) is 5.02 Å². The third-order valence-electron chi connectivity index (χ3n) is 3.51. The average Bonchev–Trinajstić information content (AvgIpc) is 2.81. The molecule has 0 bridgehead atoms. The van der Waals surface area contributed by atoms with Crippen molar-refractivity contribution >= 4 is 23.6 Å². The maximum atomic E-state index is 12.2. The van der Waals surface area contributed by atoms with E-state index in [-0.39, 0.29) is 19.0 Å². The number of amides is 2. The standard InChI is InChI=1S/C14H17ClN2O4/c1-8(9-3-2-4-10(15)5-9)16-14(21)17-7-11(18)6-12(17)13(19)20/h2-5,8,11-12,18H,6-7H2,1H3,(H,16,21)(H,19,20)/t8?,11-,12+/m1/s1. The Bertz CT molecular complexity index is 552. The van der Waals surface area contributed by atoms with Gasteiger partial charge >= 0.3 is 12.0 Å². The summed E-state index contributed by atoms with van der Waals surface area (Å²) in [6.07, 6.45) is -0.757. The number of carbonyl (C=O) groups is 2. The first-order valence-electron chi connectivity index (χ1n) is 6.62. The van der Waals surface area contributed by atoms with Crippen LogP contribution in [0.2, 0.25) is 5.02 Å². The van der Waals surface area contributed by atoms with Crippen LogP contribution < -0.4 is 5.32 Å². The third-order valence-corrected chi connectivity index (χ3v) is 3.75. The lowest BCUT2D eigenvalue weighted by molar-refractivity contribution is -0.141. The largest absolute Gasteiger partial charge is 0.480 e. The molecule has 3 N–H and O–H groups in total. The maximum Gasteiger partial charge on any atom is 0.326 e. The van der Waals surface area contributed by atoms with E-state index in [1.807, 2.05) is 6.07 Å². The van der Waals surface area contributed by atoms with Gasteiger partial charge in [-0.25, -0.2) is 9.59 Å². The highest BCUT2D eigenvalue weighted by molar-refractivity contribution is 6.30. The van der Waals surface area contributed by atoms with Gasteiger partial charge in [0.05, 0.1) is 12.1 Å². The molecule has 6 nitrogen and oxygen atoms in total. The molecule has 21 heavy (non-hydrogen) atoms. The van der Waals surface area contributed by atoms with Gasteiger partial charge in [-0.05, 0) is 24.6 Å². The van der Waals surface area contributed by atoms with Crippen molar-refractivity contribution < 1.29 is 19.8 Å². The summed E-state index contributed by atoms with van der Waals surface area (Å²) in [6.45, 7) is 1.80. The Balaban J connectivity index is 2.05. The van der Waals surface area contributed by atoms with Gasteiger partial charge in [-0.1, -0.05) is 23.7 Å². The SMILES string of the molecule is CC(NC(=O)N1C[C@H](O)C[C@H]1C(=O)O)c1cccc(Cl)c1. The fraction of sp³-hybridized carbons (Fsp3) is 0.429. The highest BCUT2D eigenvalue weighted by Gasteiger charge is 2.39. The highest BCUT2D eigenvalue weighted by Crippen LogP contribution is 2.21. The third kappa shape index (κ3) is 3.65. The minimum absolute atomic E-state index is 0.0189. The number of rotatable bonds is 3. The number of urea groups is 1. The summed E-state index contributed by atoms with van der Waals surface area (Å²) in [5, 5.41) is 21.9. The van der Waals surface area contributed by atoms with E-state index in [9.17, 15) is 14.7 Å². The van der Waals surface area contributed by atoms with Gasteiger partial charge in [0.2, 0.25) is 0 Å². The van der Waals surface area contributed by atoms with Crippen molar-refractivity contribution in [3.8, 4) is 0 Å². The molecule has 2 rings (SSSR count). The lowest BCUT2D eigenvalue weighted by Crippen LogP contribution is -2.46. The number of aliphatic hydroxyl groups excluding tert-OH is 1. The van der Waals surface area contributed by atoms with Crippen LogP contribution >= 0.6 is 11.6 Å². The molecule has 1 aromatic rings. The molecule has 114 valence electrons. The Hall–Kier alpha value is -1.79. The van der Waals surface area contributed by atoms with Crippen LogP contribution in [0.4, 0.5) is 4.79 Å². The van der Waals surface area contributed by atoms with Crippen molar-refractivity contribution in [2.75, 3.05) is 6.54 Å². The van der Waals surface area contributed by atoms with Crippen LogP contribution in [0.25, 0.3) is 0 Å². The van der Waals surface area contributed by atoms with Crippen LogP contribution in [0.1, 0.15) is 24.9 Å². The van der Waals surface area contributed by atoms with Gasteiger partial charge in [0.1, 0.15) is 6.04 Å². The van der Waals surface area contributed by atoms with Gasteiger partial charge in [0.15, 0.2) is 0 Å². The molecule has 3 atom stereocenters. The summed E-state index contributed by atoms with van der Waals surface area (Å²) in [5.41, 5.74) is 0.822.